The fourth-order valence-corrected chi connectivity index (χ4v) is 2.96. The fraction of sp³-hybridized carbons (Fsp3) is 0.286. The molecule has 26 heavy (non-hydrogen) atoms. The molecule has 136 valence electrons. The third-order valence-electron chi connectivity index (χ3n) is 3.31. The molecule has 0 aliphatic rings. The van der Waals surface area contributed by atoms with Crippen LogP contribution >= 0.6 is 11.3 Å². The summed E-state index contributed by atoms with van der Waals surface area (Å²) in [5.74, 6) is -0.236. The van der Waals surface area contributed by atoms with Crippen LogP contribution in [0.25, 0.3) is 5.82 Å². The first kappa shape index (κ1) is 17.7. The minimum atomic E-state index is -0.480. The molecule has 3 rings (SSSR count). The average Bonchev–Trinajstić information content (AvgIpc) is 3.27. The molecule has 0 saturated heterocycles. The van der Waals surface area contributed by atoms with Crippen molar-refractivity contribution in [1.29, 1.82) is 0 Å². The number of anilines is 1. The number of quaternary nitrogens is 1. The number of thiophene rings is 1. The number of nitrogens with one attached hydrogen (secondary N) is 2. The molecule has 0 spiro atoms. The maximum Gasteiger partial charge on any atom is 0.294 e. The van der Waals surface area contributed by atoms with Gasteiger partial charge in [-0.15, -0.1) is 16.4 Å². The molecule has 0 saturated carbocycles. The summed E-state index contributed by atoms with van der Waals surface area (Å²) in [5, 5.41) is 19.1. The third-order valence-corrected chi connectivity index (χ3v) is 4.25. The molecule has 0 radical (unpaired) electrons. The zero-order valence-electron chi connectivity index (χ0n) is 14.4. The smallest absolute Gasteiger partial charge is 0.294 e. The number of nitrogens with zero attached hydrogens (tertiary/aromatic N) is 6. The summed E-state index contributed by atoms with van der Waals surface area (Å²) in [6, 6.07) is 3.90. The van der Waals surface area contributed by atoms with Gasteiger partial charge in [-0.25, -0.2) is 10.1 Å². The summed E-state index contributed by atoms with van der Waals surface area (Å²) in [6.07, 6.45) is 1.58. The van der Waals surface area contributed by atoms with Crippen molar-refractivity contribution in [1.82, 2.24) is 30.7 Å². The van der Waals surface area contributed by atoms with E-state index in [1.807, 2.05) is 33.2 Å². The van der Waals surface area contributed by atoms with E-state index < -0.39 is 5.91 Å². The Morgan fingerprint density at radius 1 is 1.46 bits per heavy atom. The summed E-state index contributed by atoms with van der Waals surface area (Å²) >= 11 is 1.58. The lowest BCUT2D eigenvalue weighted by Gasteiger charge is -2.08. The Morgan fingerprint density at radius 2 is 2.27 bits per heavy atom. The van der Waals surface area contributed by atoms with E-state index in [1.54, 1.807) is 17.6 Å². The standard InChI is InChI=1S/C14H17N9O2S/c1-8-4-5-9(26-8)6-16-18-14(24)11-10(7-22(2)3)23(21-17-11)13-12(15)19-25-20-13/h4-6H,7H2,1-3H3,(H2,15,19)(H,18,24)/p+1/b16-6-. The molecule has 3 heterocycles. The Labute approximate surface area is 152 Å². The number of hydrogen-bond donors (Lipinski definition) is 3. The first-order valence-corrected chi connectivity index (χ1v) is 8.49. The molecular formula is C14H18N9O2S+. The van der Waals surface area contributed by atoms with Gasteiger partial charge in [0.25, 0.3) is 5.91 Å². The van der Waals surface area contributed by atoms with Crippen molar-refractivity contribution < 1.29 is 14.3 Å². The Morgan fingerprint density at radius 3 is 2.88 bits per heavy atom. The Balaban J connectivity index is 1.84. The van der Waals surface area contributed by atoms with E-state index in [2.05, 4.69) is 35.8 Å². The van der Waals surface area contributed by atoms with Gasteiger partial charge >= 0.3 is 0 Å². The average molecular weight is 376 g/mol. The number of hydrogen-bond acceptors (Lipinski definition) is 9. The van der Waals surface area contributed by atoms with Crippen molar-refractivity contribution >= 4 is 29.3 Å². The van der Waals surface area contributed by atoms with Crippen molar-refractivity contribution in [3.63, 3.8) is 0 Å². The van der Waals surface area contributed by atoms with Crippen molar-refractivity contribution in [2.45, 2.75) is 13.5 Å². The molecule has 0 bridgehead atoms. The quantitative estimate of drug-likeness (QED) is 0.370. The summed E-state index contributed by atoms with van der Waals surface area (Å²) in [5.41, 5.74) is 8.84. The first-order chi connectivity index (χ1) is 12.5. The molecule has 1 amide bonds. The minimum Gasteiger partial charge on any atom is -0.378 e. The molecule has 12 heteroatoms. The second kappa shape index (κ2) is 7.41. The van der Waals surface area contributed by atoms with Gasteiger partial charge < -0.3 is 10.6 Å². The number of hydrazone groups is 1. The van der Waals surface area contributed by atoms with E-state index >= 15 is 0 Å². The zero-order chi connectivity index (χ0) is 18.7. The highest BCUT2D eigenvalue weighted by Gasteiger charge is 2.25. The molecule has 0 aromatic carbocycles. The van der Waals surface area contributed by atoms with Crippen LogP contribution in [0.2, 0.25) is 0 Å². The largest absolute Gasteiger partial charge is 0.378 e. The van der Waals surface area contributed by atoms with Crippen LogP contribution < -0.4 is 16.1 Å². The van der Waals surface area contributed by atoms with Gasteiger partial charge in [-0.1, -0.05) is 5.21 Å². The number of aromatic nitrogens is 5. The lowest BCUT2D eigenvalue weighted by atomic mass is 10.3. The Bertz CT molecular complexity index is 940. The van der Waals surface area contributed by atoms with Crippen LogP contribution in [0.1, 0.15) is 25.9 Å². The van der Waals surface area contributed by atoms with E-state index in [1.165, 1.54) is 4.68 Å². The summed E-state index contributed by atoms with van der Waals surface area (Å²) < 4.78 is 5.95. The van der Waals surface area contributed by atoms with Gasteiger partial charge in [-0.05, 0) is 29.4 Å². The van der Waals surface area contributed by atoms with Crippen LogP contribution in [-0.2, 0) is 6.54 Å². The molecule has 0 aliphatic carbocycles. The Kier molecular flexibility index (Phi) is 5.04. The van der Waals surface area contributed by atoms with Crippen molar-refractivity contribution in [3.8, 4) is 5.82 Å². The first-order valence-electron chi connectivity index (χ1n) is 7.67. The third kappa shape index (κ3) is 3.75. The number of carbonyl (C=O) groups is 1. The van der Waals surface area contributed by atoms with Crippen LogP contribution in [0.15, 0.2) is 21.9 Å². The molecule has 0 fully saturated rings. The normalized spacial score (nSPS) is 11.5. The van der Waals surface area contributed by atoms with E-state index in [4.69, 9.17) is 5.73 Å². The number of aryl methyl sites for hydroxylation is 1. The summed E-state index contributed by atoms with van der Waals surface area (Å²) in [6.45, 7) is 2.45. The maximum absolute atomic E-state index is 12.5. The highest BCUT2D eigenvalue weighted by molar-refractivity contribution is 7.13. The van der Waals surface area contributed by atoms with Crippen molar-refractivity contribution in [3.05, 3.63) is 33.3 Å². The number of rotatable bonds is 6. The topological polar surface area (TPSA) is 142 Å². The van der Waals surface area contributed by atoms with Gasteiger partial charge in [0, 0.05) is 9.75 Å². The SMILES string of the molecule is Cc1ccc(/C=N\NC(=O)c2nnn(-c3nonc3N)c2C[NH+](C)C)s1. The highest BCUT2D eigenvalue weighted by Crippen LogP contribution is 2.15. The molecule has 11 nitrogen and oxygen atoms in total. The number of carbonyl (C=O) groups excluding carboxylic acids is 1. The second-order valence-electron chi connectivity index (χ2n) is 5.80. The molecule has 0 atom stereocenters. The van der Waals surface area contributed by atoms with Crippen molar-refractivity contribution in [2.75, 3.05) is 19.8 Å². The molecule has 0 unspecified atom stereocenters. The van der Waals surface area contributed by atoms with Crippen LogP contribution in [0.3, 0.4) is 0 Å². The van der Waals surface area contributed by atoms with Crippen LogP contribution in [0.4, 0.5) is 5.82 Å². The fourth-order valence-electron chi connectivity index (χ4n) is 2.21. The summed E-state index contributed by atoms with van der Waals surface area (Å²) in [7, 11) is 3.86. The maximum atomic E-state index is 12.5. The zero-order valence-corrected chi connectivity index (χ0v) is 15.2. The van der Waals surface area contributed by atoms with Gasteiger partial charge in [0.1, 0.15) is 12.2 Å². The molecule has 3 aromatic heterocycles. The lowest BCUT2D eigenvalue weighted by molar-refractivity contribution is -0.873. The molecular weight excluding hydrogens is 358 g/mol. The predicted molar refractivity (Wildman–Crippen MR) is 94.3 cm³/mol. The number of nitrogen functional groups attached to an aromatic ring is 1. The van der Waals surface area contributed by atoms with Crippen molar-refractivity contribution in [2.24, 2.45) is 5.10 Å². The van der Waals surface area contributed by atoms with Gasteiger partial charge in [-0.3, -0.25) is 4.79 Å². The van der Waals surface area contributed by atoms with Crippen LogP contribution in [0.5, 0.6) is 0 Å². The van der Waals surface area contributed by atoms with Gasteiger partial charge in [0.05, 0.1) is 20.3 Å². The second-order valence-corrected chi connectivity index (χ2v) is 7.12. The molecule has 3 aromatic rings. The van der Waals surface area contributed by atoms with E-state index in [9.17, 15) is 4.79 Å². The summed E-state index contributed by atoms with van der Waals surface area (Å²) in [4.78, 5) is 15.6. The van der Waals surface area contributed by atoms with Gasteiger partial charge in [0.2, 0.25) is 11.6 Å². The minimum absolute atomic E-state index is 0.0583. The monoisotopic (exact) mass is 376 g/mol. The number of nitrogens with two attached hydrogens (primary N) is 1. The van der Waals surface area contributed by atoms with E-state index in [0.29, 0.717) is 12.2 Å². The lowest BCUT2D eigenvalue weighted by Crippen LogP contribution is -3.04. The van der Waals surface area contributed by atoms with Gasteiger partial charge in [-0.2, -0.15) is 9.78 Å². The van der Waals surface area contributed by atoms with Gasteiger partial charge in [0.15, 0.2) is 5.69 Å². The van der Waals surface area contributed by atoms with Crippen LogP contribution in [-0.4, -0.2) is 51.5 Å². The molecule has 4 N–H and O–H groups in total. The predicted octanol–water partition coefficient (Wildman–Crippen LogP) is -0.989. The number of amides is 1. The Hall–Kier alpha value is -3.12. The van der Waals surface area contributed by atoms with Crippen LogP contribution in [0, 0.1) is 6.92 Å². The van der Waals surface area contributed by atoms with E-state index in [0.717, 1.165) is 14.7 Å². The molecule has 0 aliphatic heterocycles. The van der Waals surface area contributed by atoms with E-state index in [-0.39, 0.29) is 17.3 Å². The highest BCUT2D eigenvalue weighted by atomic mass is 32.1.